The molecule has 1 unspecified atom stereocenters. The van der Waals surface area contributed by atoms with Crippen molar-refractivity contribution >= 4 is 23.3 Å². The molecule has 2 N–H and O–H groups in total. The number of nitrogens with one attached hydrogen (secondary N) is 2. The molecule has 0 aliphatic heterocycles. The van der Waals surface area contributed by atoms with E-state index in [0.717, 1.165) is 35.2 Å². The Morgan fingerprint density at radius 2 is 2.07 bits per heavy atom. The van der Waals surface area contributed by atoms with Gasteiger partial charge in [-0.25, -0.2) is 9.78 Å². The Morgan fingerprint density at radius 1 is 1.30 bits per heavy atom. The SMILES string of the molecule is CCNC(=NCCc1ccc(C)c(OC)c1)NC(C)c1nc(C)c(C(=O)OCC)s1. The Bertz CT molecular complexity index is 879. The van der Waals surface area contributed by atoms with Gasteiger partial charge in [-0.05, 0) is 58.2 Å². The van der Waals surface area contributed by atoms with Crippen LogP contribution in [-0.2, 0) is 11.2 Å². The number of aliphatic imine (C=N–C) groups is 1. The summed E-state index contributed by atoms with van der Waals surface area (Å²) in [6.07, 6.45) is 0.810. The molecule has 1 aromatic carbocycles. The van der Waals surface area contributed by atoms with Gasteiger partial charge in [0, 0.05) is 13.1 Å². The van der Waals surface area contributed by atoms with E-state index in [-0.39, 0.29) is 12.0 Å². The molecule has 7 nitrogen and oxygen atoms in total. The van der Waals surface area contributed by atoms with Crippen LogP contribution in [-0.4, -0.2) is 43.7 Å². The second-order valence-electron chi connectivity index (χ2n) is 6.87. The van der Waals surface area contributed by atoms with E-state index in [9.17, 15) is 4.79 Å². The Kier molecular flexibility index (Phi) is 9.11. The molecule has 0 saturated carbocycles. The molecule has 0 amide bonds. The van der Waals surface area contributed by atoms with Crippen molar-refractivity contribution < 1.29 is 14.3 Å². The van der Waals surface area contributed by atoms with E-state index in [1.165, 1.54) is 16.9 Å². The molecule has 0 bridgehead atoms. The average molecular weight is 433 g/mol. The Hall–Kier alpha value is -2.61. The van der Waals surface area contributed by atoms with Crippen molar-refractivity contribution in [2.24, 2.45) is 4.99 Å². The summed E-state index contributed by atoms with van der Waals surface area (Å²) >= 11 is 1.36. The van der Waals surface area contributed by atoms with Crippen LogP contribution >= 0.6 is 11.3 Å². The van der Waals surface area contributed by atoms with Crippen molar-refractivity contribution in [1.29, 1.82) is 0 Å². The third-order valence-electron chi connectivity index (χ3n) is 4.48. The van der Waals surface area contributed by atoms with Gasteiger partial charge < -0.3 is 20.1 Å². The van der Waals surface area contributed by atoms with Crippen LogP contribution in [0.3, 0.4) is 0 Å². The zero-order chi connectivity index (χ0) is 22.1. The van der Waals surface area contributed by atoms with Crippen LogP contribution < -0.4 is 15.4 Å². The van der Waals surface area contributed by atoms with Crippen molar-refractivity contribution in [1.82, 2.24) is 15.6 Å². The summed E-state index contributed by atoms with van der Waals surface area (Å²) in [6, 6.07) is 6.14. The Balaban J connectivity index is 2.04. The highest BCUT2D eigenvalue weighted by atomic mass is 32.1. The number of hydrogen-bond acceptors (Lipinski definition) is 6. The first-order valence-electron chi connectivity index (χ1n) is 10.2. The normalized spacial score (nSPS) is 12.4. The maximum Gasteiger partial charge on any atom is 0.350 e. The van der Waals surface area contributed by atoms with Crippen LogP contribution in [0.4, 0.5) is 0 Å². The minimum absolute atomic E-state index is 0.0888. The van der Waals surface area contributed by atoms with Crippen molar-refractivity contribution in [2.45, 2.75) is 47.1 Å². The standard InChI is InChI=1S/C22H32N4O3S/c1-7-23-22(24-12-11-17-10-9-14(3)18(13-17)28-6)26-16(5)20-25-15(4)19(30-20)21(27)29-8-2/h9-10,13,16H,7-8,11-12H2,1-6H3,(H2,23,24,26). The molecule has 1 atom stereocenters. The van der Waals surface area contributed by atoms with Crippen molar-refractivity contribution in [3.63, 3.8) is 0 Å². The summed E-state index contributed by atoms with van der Waals surface area (Å²) in [7, 11) is 1.69. The highest BCUT2D eigenvalue weighted by Crippen LogP contribution is 2.24. The zero-order valence-corrected chi connectivity index (χ0v) is 19.5. The molecule has 0 spiro atoms. The number of aryl methyl sites for hydroxylation is 2. The fourth-order valence-corrected chi connectivity index (χ4v) is 3.86. The Morgan fingerprint density at radius 3 is 2.73 bits per heavy atom. The van der Waals surface area contributed by atoms with Gasteiger partial charge in [0.15, 0.2) is 5.96 Å². The highest BCUT2D eigenvalue weighted by molar-refractivity contribution is 7.13. The second-order valence-corrected chi connectivity index (χ2v) is 7.90. The number of guanidine groups is 1. The minimum atomic E-state index is -0.319. The molecule has 2 rings (SSSR count). The van der Waals surface area contributed by atoms with E-state index in [4.69, 9.17) is 9.47 Å². The van der Waals surface area contributed by atoms with Gasteiger partial charge in [0.05, 0.1) is 25.5 Å². The third-order valence-corrected chi connectivity index (χ3v) is 5.80. The van der Waals surface area contributed by atoms with E-state index in [1.807, 2.05) is 27.7 Å². The molecule has 30 heavy (non-hydrogen) atoms. The summed E-state index contributed by atoms with van der Waals surface area (Å²) in [4.78, 5) is 21.8. The van der Waals surface area contributed by atoms with Crippen LogP contribution in [0, 0.1) is 13.8 Å². The van der Waals surface area contributed by atoms with Crippen LogP contribution in [0.5, 0.6) is 5.75 Å². The molecular formula is C22H32N4O3S. The maximum absolute atomic E-state index is 12.1. The number of ether oxygens (including phenoxy) is 2. The smallest absolute Gasteiger partial charge is 0.350 e. The van der Waals surface area contributed by atoms with Gasteiger partial charge in [-0.1, -0.05) is 12.1 Å². The fourth-order valence-electron chi connectivity index (χ4n) is 2.89. The van der Waals surface area contributed by atoms with Crippen LogP contribution in [0.2, 0.25) is 0 Å². The number of aromatic nitrogens is 1. The summed E-state index contributed by atoms with van der Waals surface area (Å²) < 4.78 is 10.5. The number of rotatable bonds is 9. The number of hydrogen-bond donors (Lipinski definition) is 2. The number of carbonyl (C=O) groups excluding carboxylic acids is 1. The number of carbonyl (C=O) groups is 1. The monoisotopic (exact) mass is 432 g/mol. The first-order valence-corrected chi connectivity index (χ1v) is 11.0. The van der Waals surface area contributed by atoms with Crippen LogP contribution in [0.1, 0.15) is 58.3 Å². The van der Waals surface area contributed by atoms with Gasteiger partial charge in [-0.15, -0.1) is 11.3 Å². The van der Waals surface area contributed by atoms with E-state index in [2.05, 4.69) is 38.8 Å². The molecule has 0 aliphatic carbocycles. The third kappa shape index (κ3) is 6.45. The van der Waals surface area contributed by atoms with E-state index in [0.29, 0.717) is 23.7 Å². The van der Waals surface area contributed by atoms with Gasteiger partial charge in [0.2, 0.25) is 0 Å². The lowest BCUT2D eigenvalue weighted by Crippen LogP contribution is -2.38. The molecule has 2 aromatic rings. The molecule has 1 heterocycles. The lowest BCUT2D eigenvalue weighted by Gasteiger charge is -2.16. The van der Waals surface area contributed by atoms with Crippen molar-refractivity contribution in [3.8, 4) is 5.75 Å². The molecule has 1 aromatic heterocycles. The molecule has 0 saturated heterocycles. The summed E-state index contributed by atoms with van der Waals surface area (Å²) in [5, 5.41) is 7.46. The van der Waals surface area contributed by atoms with Gasteiger partial charge >= 0.3 is 5.97 Å². The summed E-state index contributed by atoms with van der Waals surface area (Å²) in [6.45, 7) is 11.4. The van der Waals surface area contributed by atoms with Crippen LogP contribution in [0.25, 0.3) is 0 Å². The second kappa shape index (κ2) is 11.5. The van der Waals surface area contributed by atoms with Gasteiger partial charge in [-0.3, -0.25) is 4.99 Å². The average Bonchev–Trinajstić information content (AvgIpc) is 3.11. The first-order chi connectivity index (χ1) is 14.4. The predicted octanol–water partition coefficient (Wildman–Crippen LogP) is 3.80. The number of esters is 1. The molecule has 0 fully saturated rings. The highest BCUT2D eigenvalue weighted by Gasteiger charge is 2.20. The first kappa shape index (κ1) is 23.7. The van der Waals surface area contributed by atoms with Gasteiger partial charge in [0.25, 0.3) is 0 Å². The number of nitrogens with zero attached hydrogens (tertiary/aromatic N) is 2. The topological polar surface area (TPSA) is 84.8 Å². The molecule has 0 aliphatic rings. The molecule has 0 radical (unpaired) electrons. The largest absolute Gasteiger partial charge is 0.496 e. The lowest BCUT2D eigenvalue weighted by atomic mass is 10.1. The molecule has 164 valence electrons. The number of benzene rings is 1. The fraction of sp³-hybridized carbons (Fsp3) is 0.500. The predicted molar refractivity (Wildman–Crippen MR) is 122 cm³/mol. The van der Waals surface area contributed by atoms with Gasteiger partial charge in [0.1, 0.15) is 15.6 Å². The lowest BCUT2D eigenvalue weighted by molar-refractivity contribution is 0.0531. The zero-order valence-electron chi connectivity index (χ0n) is 18.7. The summed E-state index contributed by atoms with van der Waals surface area (Å²) in [5.41, 5.74) is 2.99. The van der Waals surface area contributed by atoms with E-state index >= 15 is 0 Å². The maximum atomic E-state index is 12.1. The van der Waals surface area contributed by atoms with E-state index in [1.54, 1.807) is 14.0 Å². The quantitative estimate of drug-likeness (QED) is 0.356. The Labute approximate surface area is 182 Å². The number of thiazole rings is 1. The molecule has 8 heteroatoms. The van der Waals surface area contributed by atoms with Crippen LogP contribution in [0.15, 0.2) is 23.2 Å². The van der Waals surface area contributed by atoms with Crippen molar-refractivity contribution in [2.75, 3.05) is 26.8 Å². The molecular weight excluding hydrogens is 400 g/mol. The van der Waals surface area contributed by atoms with Crippen molar-refractivity contribution in [3.05, 3.63) is 44.9 Å². The number of methoxy groups -OCH3 is 1. The summed E-state index contributed by atoms with van der Waals surface area (Å²) in [5.74, 6) is 1.29. The van der Waals surface area contributed by atoms with E-state index < -0.39 is 0 Å². The van der Waals surface area contributed by atoms with Gasteiger partial charge in [-0.2, -0.15) is 0 Å². The minimum Gasteiger partial charge on any atom is -0.496 e.